The number of hydrogen-bond donors (Lipinski definition) is 1. The SMILES string of the molecule is Cc1ccc2cc(-c3ccc(-c4cnc([C@@H]5CCCN5C(=O)OC(C)(C)C)[nH]4)c(F)c3)ccc2c1. The number of rotatable bonds is 3. The molecule has 4 aromatic rings. The van der Waals surface area contributed by atoms with E-state index < -0.39 is 5.60 Å². The lowest BCUT2D eigenvalue weighted by Gasteiger charge is -2.27. The largest absolute Gasteiger partial charge is 0.444 e. The maximum Gasteiger partial charge on any atom is 0.410 e. The van der Waals surface area contributed by atoms with Crippen LogP contribution in [-0.4, -0.2) is 33.1 Å². The third-order valence-electron chi connectivity index (χ3n) is 6.38. The van der Waals surface area contributed by atoms with Crippen LogP contribution in [0.15, 0.2) is 60.8 Å². The van der Waals surface area contributed by atoms with E-state index in [-0.39, 0.29) is 18.0 Å². The molecule has 2 heterocycles. The number of benzene rings is 3. The fraction of sp³-hybridized carbons (Fsp3) is 0.310. The van der Waals surface area contributed by atoms with Gasteiger partial charge in [-0.1, -0.05) is 42.0 Å². The summed E-state index contributed by atoms with van der Waals surface area (Å²) in [5.41, 5.74) is 3.48. The van der Waals surface area contributed by atoms with Gasteiger partial charge in [-0.25, -0.2) is 14.2 Å². The fourth-order valence-electron chi connectivity index (χ4n) is 4.69. The smallest absolute Gasteiger partial charge is 0.410 e. The summed E-state index contributed by atoms with van der Waals surface area (Å²) in [5, 5.41) is 2.30. The summed E-state index contributed by atoms with van der Waals surface area (Å²) in [6, 6.07) is 17.6. The summed E-state index contributed by atoms with van der Waals surface area (Å²) in [5.74, 6) is 0.328. The van der Waals surface area contributed by atoms with E-state index in [2.05, 4.69) is 47.2 Å². The number of fused-ring (bicyclic) bond motifs is 1. The number of aromatic amines is 1. The number of halogens is 1. The number of aryl methyl sites for hydroxylation is 1. The minimum Gasteiger partial charge on any atom is -0.444 e. The van der Waals surface area contributed by atoms with E-state index in [1.165, 1.54) is 10.9 Å². The Kier molecular flexibility index (Phi) is 5.83. The first-order valence-corrected chi connectivity index (χ1v) is 12.0. The van der Waals surface area contributed by atoms with Crippen LogP contribution < -0.4 is 0 Å². The zero-order valence-electron chi connectivity index (χ0n) is 20.6. The van der Waals surface area contributed by atoms with Crippen molar-refractivity contribution >= 4 is 16.9 Å². The van der Waals surface area contributed by atoms with E-state index in [9.17, 15) is 4.79 Å². The van der Waals surface area contributed by atoms with Crippen LogP contribution >= 0.6 is 0 Å². The lowest BCUT2D eigenvalue weighted by molar-refractivity contribution is 0.0218. The third-order valence-corrected chi connectivity index (χ3v) is 6.38. The molecule has 6 heteroatoms. The number of carbonyl (C=O) groups is 1. The van der Waals surface area contributed by atoms with Gasteiger partial charge in [-0.2, -0.15) is 0 Å². The first-order chi connectivity index (χ1) is 16.7. The van der Waals surface area contributed by atoms with Gasteiger partial charge in [0.2, 0.25) is 0 Å². The van der Waals surface area contributed by atoms with Gasteiger partial charge in [0.25, 0.3) is 0 Å². The molecule has 35 heavy (non-hydrogen) atoms. The zero-order chi connectivity index (χ0) is 24.7. The molecule has 0 radical (unpaired) electrons. The molecule has 180 valence electrons. The van der Waals surface area contributed by atoms with Gasteiger partial charge in [-0.15, -0.1) is 0 Å². The van der Waals surface area contributed by atoms with E-state index in [0.717, 1.165) is 29.4 Å². The molecule has 1 atom stereocenters. The van der Waals surface area contributed by atoms with Crippen LogP contribution in [0.1, 0.15) is 51.0 Å². The van der Waals surface area contributed by atoms with Gasteiger partial charge in [-0.05, 0) is 80.6 Å². The van der Waals surface area contributed by atoms with Crippen molar-refractivity contribution < 1.29 is 13.9 Å². The first-order valence-electron chi connectivity index (χ1n) is 12.0. The highest BCUT2D eigenvalue weighted by Crippen LogP contribution is 2.34. The van der Waals surface area contributed by atoms with E-state index in [1.54, 1.807) is 23.2 Å². The Morgan fingerprint density at radius 1 is 1.06 bits per heavy atom. The molecule has 5 rings (SSSR count). The molecule has 0 unspecified atom stereocenters. The van der Waals surface area contributed by atoms with Crippen LogP contribution in [0.25, 0.3) is 33.2 Å². The van der Waals surface area contributed by atoms with Crippen molar-refractivity contribution in [2.75, 3.05) is 6.54 Å². The van der Waals surface area contributed by atoms with Crippen molar-refractivity contribution in [3.05, 3.63) is 78.0 Å². The molecule has 3 aromatic carbocycles. The number of carbonyl (C=O) groups excluding carboxylic acids is 1. The minimum absolute atomic E-state index is 0.206. The van der Waals surface area contributed by atoms with Gasteiger partial charge in [0.1, 0.15) is 17.2 Å². The van der Waals surface area contributed by atoms with Gasteiger partial charge in [0.05, 0.1) is 17.9 Å². The van der Waals surface area contributed by atoms with E-state index in [4.69, 9.17) is 4.74 Å². The number of likely N-dealkylation sites (tertiary alicyclic amines) is 1. The van der Waals surface area contributed by atoms with Crippen LogP contribution in [0.2, 0.25) is 0 Å². The van der Waals surface area contributed by atoms with Gasteiger partial charge in [0.15, 0.2) is 0 Å². The van der Waals surface area contributed by atoms with Gasteiger partial charge >= 0.3 is 6.09 Å². The molecule has 0 aliphatic carbocycles. The second-order valence-corrected chi connectivity index (χ2v) is 10.3. The number of ether oxygens (including phenoxy) is 1. The summed E-state index contributed by atoms with van der Waals surface area (Å²) in [7, 11) is 0. The lowest BCUT2D eigenvalue weighted by atomic mass is 9.98. The Morgan fingerprint density at radius 2 is 1.77 bits per heavy atom. The number of imidazole rings is 1. The summed E-state index contributed by atoms with van der Waals surface area (Å²) in [6.45, 7) is 8.25. The highest BCUT2D eigenvalue weighted by Gasteiger charge is 2.34. The maximum absolute atomic E-state index is 15.2. The summed E-state index contributed by atoms with van der Waals surface area (Å²) in [4.78, 5) is 22.1. The van der Waals surface area contributed by atoms with E-state index in [1.807, 2.05) is 32.9 Å². The fourth-order valence-corrected chi connectivity index (χ4v) is 4.69. The Morgan fingerprint density at radius 3 is 2.54 bits per heavy atom. The molecule has 1 aliphatic heterocycles. The van der Waals surface area contributed by atoms with E-state index >= 15 is 4.39 Å². The highest BCUT2D eigenvalue weighted by molar-refractivity contribution is 5.88. The quantitative estimate of drug-likeness (QED) is 0.338. The van der Waals surface area contributed by atoms with Crippen molar-refractivity contribution in [1.29, 1.82) is 0 Å². The summed E-state index contributed by atoms with van der Waals surface area (Å²) < 4.78 is 20.8. The molecule has 0 bridgehead atoms. The monoisotopic (exact) mass is 471 g/mol. The van der Waals surface area contributed by atoms with Crippen LogP contribution in [0.4, 0.5) is 9.18 Å². The Labute approximate surface area is 205 Å². The molecule has 1 N–H and O–H groups in total. The second-order valence-electron chi connectivity index (χ2n) is 10.3. The molecule has 0 spiro atoms. The van der Waals surface area contributed by atoms with Gasteiger partial charge < -0.3 is 9.72 Å². The maximum atomic E-state index is 15.2. The number of nitrogens with one attached hydrogen (secondary N) is 1. The molecule has 1 amide bonds. The number of H-pyrrole nitrogens is 1. The normalized spacial score (nSPS) is 16.1. The zero-order valence-corrected chi connectivity index (χ0v) is 20.6. The van der Waals surface area contributed by atoms with Crippen molar-refractivity contribution in [2.24, 2.45) is 0 Å². The Balaban J connectivity index is 1.39. The Hall–Kier alpha value is -3.67. The molecular formula is C29H30FN3O2. The number of nitrogens with zero attached hydrogens (tertiary/aromatic N) is 2. The van der Waals surface area contributed by atoms with Crippen LogP contribution in [-0.2, 0) is 4.74 Å². The summed E-state index contributed by atoms with van der Waals surface area (Å²) in [6.07, 6.45) is 2.94. The Bertz CT molecular complexity index is 1400. The predicted octanol–water partition coefficient (Wildman–Crippen LogP) is 7.42. The molecule has 1 aliphatic rings. The van der Waals surface area contributed by atoms with Crippen molar-refractivity contribution in [3.8, 4) is 22.4 Å². The average Bonchev–Trinajstić information content (AvgIpc) is 3.47. The molecular weight excluding hydrogens is 441 g/mol. The molecule has 0 saturated carbocycles. The molecule has 5 nitrogen and oxygen atoms in total. The highest BCUT2D eigenvalue weighted by atomic mass is 19.1. The molecule has 1 saturated heterocycles. The predicted molar refractivity (Wildman–Crippen MR) is 137 cm³/mol. The number of amides is 1. The van der Waals surface area contributed by atoms with Crippen molar-refractivity contribution in [2.45, 2.75) is 52.2 Å². The van der Waals surface area contributed by atoms with Crippen LogP contribution in [0.5, 0.6) is 0 Å². The van der Waals surface area contributed by atoms with Gasteiger partial charge in [-0.3, -0.25) is 4.90 Å². The van der Waals surface area contributed by atoms with Crippen molar-refractivity contribution in [3.63, 3.8) is 0 Å². The van der Waals surface area contributed by atoms with Gasteiger partial charge in [0, 0.05) is 12.1 Å². The summed E-state index contributed by atoms with van der Waals surface area (Å²) >= 11 is 0. The lowest BCUT2D eigenvalue weighted by Crippen LogP contribution is -2.36. The second kappa shape index (κ2) is 8.84. The first kappa shape index (κ1) is 23.1. The van der Waals surface area contributed by atoms with Crippen molar-refractivity contribution in [1.82, 2.24) is 14.9 Å². The molecule has 1 fully saturated rings. The standard InChI is InChI=1S/C29H30FN3O2/c1-18-7-8-20-15-21(10-9-19(20)14-18)22-11-12-23(24(30)16-22)25-17-31-27(32-25)26-6-5-13-33(26)28(34)35-29(2,3)4/h7-12,14-17,26H,5-6,13H2,1-4H3,(H,31,32)/t26-/m0/s1. The molecule has 1 aromatic heterocycles. The average molecular weight is 472 g/mol. The van der Waals surface area contributed by atoms with Crippen LogP contribution in [0, 0.1) is 12.7 Å². The third kappa shape index (κ3) is 4.78. The van der Waals surface area contributed by atoms with Crippen LogP contribution in [0.3, 0.4) is 0 Å². The minimum atomic E-state index is -0.562. The van der Waals surface area contributed by atoms with E-state index in [0.29, 0.717) is 23.6 Å². The topological polar surface area (TPSA) is 58.2 Å². The number of hydrogen-bond acceptors (Lipinski definition) is 3. The number of aromatic nitrogens is 2.